The lowest BCUT2D eigenvalue weighted by Crippen LogP contribution is -2.32. The van der Waals surface area contributed by atoms with Gasteiger partial charge in [0, 0.05) is 11.5 Å². The zero-order valence-electron chi connectivity index (χ0n) is 11.7. The number of nitrogens with zero attached hydrogens (tertiary/aromatic N) is 3. The van der Waals surface area contributed by atoms with Crippen LogP contribution in [0.5, 0.6) is 0 Å². The first kappa shape index (κ1) is 17.5. The second-order valence-corrected chi connectivity index (χ2v) is 7.56. The number of benzene rings is 1. The molecule has 0 saturated heterocycles. The Labute approximate surface area is 146 Å². The smallest absolute Gasteiger partial charge is 0.264 e. The molecule has 1 amide bonds. The van der Waals surface area contributed by atoms with Crippen molar-refractivity contribution in [1.82, 2.24) is 14.5 Å². The molecular formula is C13H10BrClN4O3S. The van der Waals surface area contributed by atoms with E-state index in [0.29, 0.717) is 15.3 Å². The van der Waals surface area contributed by atoms with Crippen LogP contribution in [0.3, 0.4) is 0 Å². The number of aromatic nitrogens is 2. The molecular weight excluding hydrogens is 408 g/mol. The van der Waals surface area contributed by atoms with E-state index in [4.69, 9.17) is 16.9 Å². The van der Waals surface area contributed by atoms with Gasteiger partial charge in [-0.25, -0.2) is 13.1 Å². The Morgan fingerprint density at radius 2 is 2.13 bits per heavy atom. The Balaban J connectivity index is 2.19. The molecule has 2 aromatic rings. The van der Waals surface area contributed by atoms with Gasteiger partial charge in [-0.1, -0.05) is 27.5 Å². The van der Waals surface area contributed by atoms with Crippen LogP contribution in [-0.2, 0) is 28.3 Å². The fourth-order valence-electron chi connectivity index (χ4n) is 1.78. The predicted octanol–water partition coefficient (Wildman–Crippen LogP) is 1.76. The van der Waals surface area contributed by atoms with E-state index in [9.17, 15) is 13.2 Å². The molecule has 0 radical (unpaired) electrons. The lowest BCUT2D eigenvalue weighted by molar-refractivity contribution is -0.118. The van der Waals surface area contributed by atoms with Crippen molar-refractivity contribution >= 4 is 43.5 Å². The van der Waals surface area contributed by atoms with Crippen molar-refractivity contribution in [3.8, 4) is 6.07 Å². The van der Waals surface area contributed by atoms with Crippen molar-refractivity contribution in [3.63, 3.8) is 0 Å². The Bertz CT molecular complexity index is 898. The molecule has 0 aliphatic rings. The second-order valence-electron chi connectivity index (χ2n) is 4.57. The van der Waals surface area contributed by atoms with Gasteiger partial charge in [0.2, 0.25) is 5.91 Å². The van der Waals surface area contributed by atoms with Gasteiger partial charge in [0.15, 0.2) is 0 Å². The van der Waals surface area contributed by atoms with E-state index in [-0.39, 0.29) is 16.9 Å². The maximum absolute atomic E-state index is 12.2. The van der Waals surface area contributed by atoms with Gasteiger partial charge in [-0.3, -0.25) is 9.48 Å². The van der Waals surface area contributed by atoms with Crippen molar-refractivity contribution in [3.05, 3.63) is 45.1 Å². The van der Waals surface area contributed by atoms with E-state index in [1.165, 1.54) is 28.9 Å². The molecule has 0 unspecified atom stereocenters. The number of halogens is 2. The highest BCUT2D eigenvalue weighted by Crippen LogP contribution is 2.19. The molecule has 1 aromatic heterocycles. The van der Waals surface area contributed by atoms with Gasteiger partial charge in [-0.05, 0) is 24.3 Å². The van der Waals surface area contributed by atoms with E-state index >= 15 is 0 Å². The van der Waals surface area contributed by atoms with E-state index < -0.39 is 15.9 Å². The Kier molecular flexibility index (Phi) is 5.09. The van der Waals surface area contributed by atoms with Crippen LogP contribution in [0.1, 0.15) is 11.3 Å². The van der Waals surface area contributed by atoms with E-state index in [2.05, 4.69) is 21.0 Å². The van der Waals surface area contributed by atoms with Crippen molar-refractivity contribution in [2.75, 3.05) is 0 Å². The lowest BCUT2D eigenvalue weighted by atomic mass is 10.2. The van der Waals surface area contributed by atoms with Crippen molar-refractivity contribution in [2.45, 2.75) is 11.3 Å². The summed E-state index contributed by atoms with van der Waals surface area (Å²) < 4.78 is 28.1. The van der Waals surface area contributed by atoms with Crippen LogP contribution in [0, 0.1) is 11.3 Å². The predicted molar refractivity (Wildman–Crippen MR) is 86.1 cm³/mol. The molecule has 120 valence electrons. The Morgan fingerprint density at radius 3 is 2.70 bits per heavy atom. The summed E-state index contributed by atoms with van der Waals surface area (Å²) >= 11 is 8.93. The summed E-state index contributed by atoms with van der Waals surface area (Å²) in [6, 6.07) is 7.27. The molecule has 0 atom stereocenters. The van der Waals surface area contributed by atoms with Crippen molar-refractivity contribution < 1.29 is 13.2 Å². The molecule has 0 saturated carbocycles. The molecule has 0 aliphatic heterocycles. The number of carbonyl (C=O) groups is 1. The van der Waals surface area contributed by atoms with Gasteiger partial charge in [0.25, 0.3) is 10.0 Å². The van der Waals surface area contributed by atoms with Crippen LogP contribution < -0.4 is 4.72 Å². The number of rotatable bonds is 4. The summed E-state index contributed by atoms with van der Waals surface area (Å²) in [4.78, 5) is 11.7. The Morgan fingerprint density at radius 1 is 1.43 bits per heavy atom. The summed E-state index contributed by atoms with van der Waals surface area (Å²) in [5.41, 5.74) is 0.501. The number of hydrogen-bond acceptors (Lipinski definition) is 5. The number of nitriles is 1. The third kappa shape index (κ3) is 4.31. The molecule has 7 nitrogen and oxygen atoms in total. The van der Waals surface area contributed by atoms with Crippen molar-refractivity contribution in [1.29, 1.82) is 5.26 Å². The largest absolute Gasteiger partial charge is 0.274 e. The molecule has 1 heterocycles. The molecule has 0 spiro atoms. The minimum Gasteiger partial charge on any atom is -0.274 e. The first-order valence-corrected chi connectivity index (χ1v) is 8.81. The molecule has 0 fully saturated rings. The zero-order chi connectivity index (χ0) is 17.2. The lowest BCUT2D eigenvalue weighted by Gasteiger charge is -2.07. The third-order valence-corrected chi connectivity index (χ3v) is 4.94. The van der Waals surface area contributed by atoms with E-state index in [0.717, 1.165) is 0 Å². The van der Waals surface area contributed by atoms with E-state index in [1.54, 1.807) is 7.05 Å². The van der Waals surface area contributed by atoms with Gasteiger partial charge in [-0.15, -0.1) is 0 Å². The minimum absolute atomic E-state index is 0.156. The highest BCUT2D eigenvalue weighted by Gasteiger charge is 2.20. The van der Waals surface area contributed by atoms with Crippen LogP contribution in [0.2, 0.25) is 5.15 Å². The number of nitrogens with one attached hydrogen (secondary N) is 1. The summed E-state index contributed by atoms with van der Waals surface area (Å²) in [6.45, 7) is 0. The number of hydrogen-bond donors (Lipinski definition) is 1. The zero-order valence-corrected chi connectivity index (χ0v) is 14.9. The molecule has 2 rings (SSSR count). The van der Waals surface area contributed by atoms with Crippen LogP contribution in [0.25, 0.3) is 0 Å². The normalized spacial score (nSPS) is 11.0. The topological polar surface area (TPSA) is 105 Å². The average Bonchev–Trinajstić information content (AvgIpc) is 2.75. The van der Waals surface area contributed by atoms with Crippen LogP contribution >= 0.6 is 27.5 Å². The quantitative estimate of drug-likeness (QED) is 0.816. The first-order chi connectivity index (χ1) is 10.7. The minimum atomic E-state index is -4.09. The number of aryl methyl sites for hydroxylation is 1. The number of carbonyl (C=O) groups excluding carboxylic acids is 1. The van der Waals surface area contributed by atoms with Crippen LogP contribution in [-0.4, -0.2) is 24.1 Å². The van der Waals surface area contributed by atoms with Gasteiger partial charge < -0.3 is 0 Å². The van der Waals surface area contributed by atoms with Gasteiger partial charge >= 0.3 is 0 Å². The fraction of sp³-hybridized carbons (Fsp3) is 0.154. The monoisotopic (exact) mass is 416 g/mol. The highest BCUT2D eigenvalue weighted by molar-refractivity contribution is 9.10. The molecule has 23 heavy (non-hydrogen) atoms. The highest BCUT2D eigenvalue weighted by atomic mass is 79.9. The van der Waals surface area contributed by atoms with Gasteiger partial charge in [0.05, 0.1) is 28.6 Å². The second kappa shape index (κ2) is 6.70. The summed E-state index contributed by atoms with van der Waals surface area (Å²) in [7, 11) is -2.48. The molecule has 10 heteroatoms. The SMILES string of the molecule is Cn1nc(CC(=O)NS(=O)(=O)c2cc(Br)cc(C#N)c2)cc1Cl. The summed E-state index contributed by atoms with van der Waals surface area (Å²) in [5, 5.41) is 13.2. The summed E-state index contributed by atoms with van der Waals surface area (Å²) in [6.07, 6.45) is -0.237. The molecule has 0 bridgehead atoms. The van der Waals surface area contributed by atoms with Gasteiger partial charge in [-0.2, -0.15) is 10.4 Å². The maximum Gasteiger partial charge on any atom is 0.264 e. The molecule has 1 N–H and O–H groups in total. The molecule has 0 aliphatic carbocycles. The maximum atomic E-state index is 12.2. The number of amides is 1. The standard InChI is InChI=1S/C13H10BrClN4O3S/c1-19-12(15)5-10(17-19)6-13(20)18-23(21,22)11-3-8(7-16)2-9(14)4-11/h2-5H,6H2,1H3,(H,18,20). The van der Waals surface area contributed by atoms with Crippen LogP contribution in [0.15, 0.2) is 33.6 Å². The first-order valence-electron chi connectivity index (χ1n) is 6.16. The number of sulfonamides is 1. The third-order valence-electron chi connectivity index (χ3n) is 2.77. The molecule has 1 aromatic carbocycles. The van der Waals surface area contributed by atoms with Crippen LogP contribution in [0.4, 0.5) is 0 Å². The van der Waals surface area contributed by atoms with E-state index in [1.807, 2.05) is 10.8 Å². The Hall–Kier alpha value is -1.89. The fourth-order valence-corrected chi connectivity index (χ4v) is 3.64. The van der Waals surface area contributed by atoms with Gasteiger partial charge in [0.1, 0.15) is 5.15 Å². The average molecular weight is 418 g/mol. The van der Waals surface area contributed by atoms with Crippen molar-refractivity contribution in [2.24, 2.45) is 7.05 Å². The summed E-state index contributed by atoms with van der Waals surface area (Å²) in [5.74, 6) is -0.752.